The highest BCUT2D eigenvalue weighted by Gasteiger charge is 2.18. The second kappa shape index (κ2) is 60.8. The molecule has 12 N–H and O–H groups in total. The van der Waals surface area contributed by atoms with E-state index in [9.17, 15) is 0 Å². The second-order valence-electron chi connectivity index (χ2n) is 33.8. The van der Waals surface area contributed by atoms with Crippen molar-refractivity contribution in [2.75, 3.05) is 82.3 Å². The Kier molecular flexibility index (Phi) is 46.2. The molecule has 0 spiro atoms. The standard InChI is InChI=1S/C26H27ClN4.C22H21N3.C21H18ClN3.C19H22ClN3.C17H16Cl2N2O2.C17H18ClN3/c27-23-9-11-24(12-10-23)29-26(28)15-8-21-6-13-25(14-7-21)31-18-16-30(17-19-31)20-22-4-2-1-3-5-22;1-17-4-11-21(12-5-17)25-22(23)13-10-18-6-8-19(9-7-18)15-20-3-2-14-24-16-20;22-19-6-8-20(9-7-19)25-21(23)10-5-16-1-3-17(4-2-16)15-18-11-13-24-14-12-18;1-3-23(4-2)18-12-5-15(6-13-18)7-14-19(21)22-17-10-8-16(20)9-11-17;1-22-14-9-3-11(16(19)17(14)23-2)4-10-15(20)21-13-7-5-12(18)6-8-13;1-21(2)16-10-3-13(4-11-16)5-12-17(19)20-15-8-6-14(18)7-9-15/h1-15H,16-20H2,(H2,28,29);2-14,16H,15H2,1H3,(H2,23,25);1-14H,15H2,(H2,23,25);5-14H,3-4H2,1-2H3,(H2,21,22);3-10H,1-2H3,(H2,20,21);3-12H,1-2H3,(H2,19,20)/b15-8+;13-10+;10-5+;14-7+;10-4+;12-5+. The van der Waals surface area contributed by atoms with Crippen LogP contribution in [0.5, 0.6) is 11.5 Å². The predicted octanol–water partition coefficient (Wildman–Crippen LogP) is 28.8. The molecule has 13 aromatic carbocycles. The van der Waals surface area contributed by atoms with Crippen LogP contribution in [0.2, 0.25) is 30.1 Å². The van der Waals surface area contributed by atoms with Crippen LogP contribution in [-0.2, 0) is 19.4 Å². The summed E-state index contributed by atoms with van der Waals surface area (Å²) in [7, 11) is 7.12. The van der Waals surface area contributed by atoms with Crippen molar-refractivity contribution in [1.82, 2.24) is 14.9 Å². The maximum absolute atomic E-state index is 6.30. The highest BCUT2D eigenvalue weighted by atomic mass is 35.5. The van der Waals surface area contributed by atoms with Crippen LogP contribution < -0.4 is 58.6 Å². The van der Waals surface area contributed by atoms with Gasteiger partial charge in [0.2, 0.25) is 0 Å². The minimum Gasteiger partial charge on any atom is -0.493 e. The number of aromatic nitrogens is 2. The quantitative estimate of drug-likeness (QED) is 0.0174. The van der Waals surface area contributed by atoms with Crippen LogP contribution in [0.15, 0.2) is 425 Å². The van der Waals surface area contributed by atoms with Gasteiger partial charge in [0.15, 0.2) is 11.5 Å². The molecule has 0 radical (unpaired) electrons. The van der Waals surface area contributed by atoms with Gasteiger partial charge in [0, 0.05) is 127 Å². The third-order valence-electron chi connectivity index (χ3n) is 22.5. The Labute approximate surface area is 899 Å². The summed E-state index contributed by atoms with van der Waals surface area (Å²) in [5.41, 5.74) is 57.8. The van der Waals surface area contributed by atoms with Crippen molar-refractivity contribution in [1.29, 1.82) is 0 Å². The van der Waals surface area contributed by atoms with Gasteiger partial charge in [-0.1, -0.05) is 239 Å². The molecule has 0 saturated carbocycles. The number of ether oxygens (including phenoxy) is 2. The Bertz CT molecular complexity index is 6840. The van der Waals surface area contributed by atoms with Crippen LogP contribution >= 0.6 is 69.6 Å². The lowest BCUT2D eigenvalue weighted by Gasteiger charge is -2.36. The number of aliphatic imine (C=N–C) groups is 6. The minimum absolute atomic E-state index is 0.346. The zero-order chi connectivity index (χ0) is 105. The average molecular weight is 2090 g/mol. The molecule has 15 aromatic rings. The smallest absolute Gasteiger partial charge is 0.179 e. The number of nitrogens with zero attached hydrogens (tertiary/aromatic N) is 12. The van der Waals surface area contributed by atoms with Gasteiger partial charge in [-0.25, -0.2) is 30.0 Å². The lowest BCUT2D eigenvalue weighted by molar-refractivity contribution is 0.250. The summed E-state index contributed by atoms with van der Waals surface area (Å²) in [5.74, 6) is 3.70. The van der Waals surface area contributed by atoms with Gasteiger partial charge in [0.05, 0.1) is 53.4 Å². The molecule has 20 nitrogen and oxygen atoms in total. The fourth-order valence-electron chi connectivity index (χ4n) is 14.5. The predicted molar refractivity (Wildman–Crippen MR) is 633 cm³/mol. The monoisotopic (exact) mass is 2080 g/mol. The third kappa shape index (κ3) is 40.6. The van der Waals surface area contributed by atoms with Crippen molar-refractivity contribution in [3.8, 4) is 11.5 Å². The molecule has 0 unspecified atom stereocenters. The number of piperazine rings is 1. The van der Waals surface area contributed by atoms with E-state index in [2.05, 4.69) is 226 Å². The van der Waals surface area contributed by atoms with Gasteiger partial charge in [-0.3, -0.25) is 14.9 Å². The largest absolute Gasteiger partial charge is 0.493 e. The molecule has 0 bridgehead atoms. The van der Waals surface area contributed by atoms with E-state index in [4.69, 9.17) is 113 Å². The number of benzene rings is 13. The number of aryl methyl sites for hydroxylation is 1. The SMILES string of the molecule is CCN(CC)c1ccc(/C=C/C(N)=Nc2ccc(Cl)cc2)cc1.CN(C)c1ccc(/C=C/C(N)=Nc2ccc(Cl)cc2)cc1.COc1ccc(/C=C/C(N)=Nc2ccc(Cl)cc2)c(Cl)c1OC.Cc1ccc(N=C(N)/C=C/c2ccc(Cc3cccnc3)cc2)cc1.NC(/C=C/c1ccc(Cc2ccncc2)cc1)=Nc1ccc(Cl)cc1.NC(/C=C/c1ccc(N2CCN(Cc3ccccc3)CC2)cc1)=Nc1ccc(Cl)cc1. The number of hydrogen-bond donors (Lipinski definition) is 6. The van der Waals surface area contributed by atoms with Gasteiger partial charge in [0.1, 0.15) is 35.0 Å². The molecule has 0 atom stereocenters. The number of amidine groups is 6. The maximum Gasteiger partial charge on any atom is 0.179 e. The van der Waals surface area contributed by atoms with E-state index in [0.29, 0.717) is 76.6 Å². The first-order valence-electron chi connectivity index (χ1n) is 47.8. The lowest BCUT2D eigenvalue weighted by atomic mass is 10.0. The van der Waals surface area contributed by atoms with Gasteiger partial charge in [0.25, 0.3) is 0 Å². The van der Waals surface area contributed by atoms with Gasteiger partial charge < -0.3 is 58.6 Å². The lowest BCUT2D eigenvalue weighted by Crippen LogP contribution is -2.45. The van der Waals surface area contributed by atoms with Gasteiger partial charge in [-0.15, -0.1) is 0 Å². The van der Waals surface area contributed by atoms with Crippen LogP contribution in [0.4, 0.5) is 51.2 Å². The van der Waals surface area contributed by atoms with E-state index < -0.39 is 0 Å². The van der Waals surface area contributed by atoms with Gasteiger partial charge in [-0.05, 0) is 338 Å². The molecule has 2 aromatic heterocycles. The second-order valence-corrected chi connectivity index (χ2v) is 36.3. The number of rotatable bonds is 31. The van der Waals surface area contributed by atoms with Crippen LogP contribution in [-0.4, -0.2) is 117 Å². The molecule has 3 heterocycles. The van der Waals surface area contributed by atoms with E-state index in [-0.39, 0.29) is 0 Å². The van der Waals surface area contributed by atoms with Crippen molar-refractivity contribution in [3.05, 3.63) is 492 Å². The zero-order valence-corrected chi connectivity index (χ0v) is 88.3. The molecule has 1 aliphatic rings. The Morgan fingerprint density at radius 3 is 1.01 bits per heavy atom. The fourth-order valence-corrected chi connectivity index (χ4v) is 15.4. The van der Waals surface area contributed by atoms with E-state index >= 15 is 0 Å². The highest BCUT2D eigenvalue weighted by Crippen LogP contribution is 2.38. The topological polar surface area (TPSA) is 287 Å². The molecule has 26 heteroatoms. The number of anilines is 3. The summed E-state index contributed by atoms with van der Waals surface area (Å²) < 4.78 is 10.5. The summed E-state index contributed by atoms with van der Waals surface area (Å²) in [6.45, 7) is 13.6. The molecular weight excluding hydrogens is 1960 g/mol. The number of halogens is 6. The Morgan fingerprint density at radius 2 is 0.662 bits per heavy atom. The van der Waals surface area contributed by atoms with Crippen molar-refractivity contribution < 1.29 is 9.47 Å². The molecule has 0 aliphatic carbocycles. The first-order valence-corrected chi connectivity index (χ1v) is 50.1. The third-order valence-corrected chi connectivity index (χ3v) is 24.1. The van der Waals surface area contributed by atoms with Crippen LogP contribution in [0.1, 0.15) is 80.6 Å². The Morgan fingerprint density at radius 1 is 0.331 bits per heavy atom. The molecule has 148 heavy (non-hydrogen) atoms. The van der Waals surface area contributed by atoms with Crippen LogP contribution in [0, 0.1) is 6.92 Å². The number of methoxy groups -OCH3 is 2. The Hall–Kier alpha value is -15.9. The molecule has 16 rings (SSSR count). The molecule has 1 saturated heterocycles. The summed E-state index contributed by atoms with van der Waals surface area (Å²) >= 11 is 35.6. The first kappa shape index (κ1) is 112. The minimum atomic E-state index is 0.346. The van der Waals surface area contributed by atoms with E-state index in [0.717, 1.165) is 132 Å². The van der Waals surface area contributed by atoms with Gasteiger partial charge >= 0.3 is 0 Å². The summed E-state index contributed by atoms with van der Waals surface area (Å²) in [4.78, 5) is 43.5. The number of pyridine rings is 2. The average Bonchev–Trinajstić information content (AvgIpc) is 0.810. The molecule has 0 amide bonds. The molecular formula is C122H122Cl6N18O2. The summed E-state index contributed by atoms with van der Waals surface area (Å²) in [5, 5.41) is 3.83. The van der Waals surface area contributed by atoms with E-state index in [1.807, 2.05) is 184 Å². The number of nitrogens with two attached hydrogens (primary N) is 6. The van der Waals surface area contributed by atoms with Crippen molar-refractivity contribution in [3.63, 3.8) is 0 Å². The fraction of sp³-hybridized carbons (Fsp3) is 0.131. The van der Waals surface area contributed by atoms with Crippen LogP contribution in [0.25, 0.3) is 36.5 Å². The maximum atomic E-state index is 6.30. The molecule has 754 valence electrons. The summed E-state index contributed by atoms with van der Waals surface area (Å²) in [6.07, 6.45) is 31.4. The summed E-state index contributed by atoms with van der Waals surface area (Å²) in [6, 6.07) is 108. The zero-order valence-electron chi connectivity index (χ0n) is 83.8. The molecule has 1 aliphatic heterocycles. The number of hydrogen-bond acceptors (Lipinski definition) is 14. The van der Waals surface area contributed by atoms with Crippen LogP contribution in [0.3, 0.4) is 0 Å². The Balaban J connectivity index is 0.000000169. The highest BCUT2D eigenvalue weighted by molar-refractivity contribution is 6.34. The normalized spacial score (nSPS) is 12.6. The van der Waals surface area contributed by atoms with Gasteiger partial charge in [-0.2, -0.15) is 0 Å². The molecule has 1 fully saturated rings. The first-order chi connectivity index (χ1) is 71.7. The van der Waals surface area contributed by atoms with Crippen molar-refractivity contribution in [2.45, 2.75) is 40.2 Å². The van der Waals surface area contributed by atoms with E-state index in [1.54, 1.807) is 123 Å². The van der Waals surface area contributed by atoms with Crippen molar-refractivity contribution >= 4 is 192 Å². The van der Waals surface area contributed by atoms with E-state index in [1.165, 1.54) is 51.9 Å². The van der Waals surface area contributed by atoms with Crippen molar-refractivity contribution in [2.24, 2.45) is 64.4 Å².